The Hall–Kier alpha value is -3.45. The Morgan fingerprint density at radius 2 is 1.63 bits per heavy atom. The summed E-state index contributed by atoms with van der Waals surface area (Å²) in [4.78, 5) is 23.2. The molecule has 0 aliphatic carbocycles. The lowest BCUT2D eigenvalue weighted by Gasteiger charge is -2.12. The van der Waals surface area contributed by atoms with Crippen molar-refractivity contribution in [2.24, 2.45) is 0 Å². The second-order valence-electron chi connectivity index (χ2n) is 7.32. The van der Waals surface area contributed by atoms with Gasteiger partial charge in [0.15, 0.2) is 0 Å². The van der Waals surface area contributed by atoms with E-state index in [1.165, 1.54) is 0 Å². The third-order valence-corrected chi connectivity index (χ3v) is 4.42. The molecule has 156 valence electrons. The Morgan fingerprint density at radius 3 is 2.33 bits per heavy atom. The maximum absolute atomic E-state index is 12.4. The molecule has 0 unspecified atom stereocenters. The Bertz CT molecular complexity index is 957. The number of rotatable bonds is 8. The zero-order valence-electron chi connectivity index (χ0n) is 17.6. The van der Waals surface area contributed by atoms with Crippen LogP contribution in [-0.4, -0.2) is 48.1 Å². The van der Waals surface area contributed by atoms with Gasteiger partial charge in [-0.3, -0.25) is 5.32 Å². The number of hydrogen-bond acceptors (Lipinski definition) is 5. The summed E-state index contributed by atoms with van der Waals surface area (Å²) in [6, 6.07) is 19.3. The molecule has 0 bridgehead atoms. The molecule has 0 fully saturated rings. The molecule has 0 radical (unpaired) electrons. The maximum atomic E-state index is 12.4. The number of carbonyl (C=O) groups is 1. The summed E-state index contributed by atoms with van der Waals surface area (Å²) in [5.74, 6) is 0.965. The predicted octanol–water partition coefficient (Wildman–Crippen LogP) is 4.46. The molecule has 1 aromatic heterocycles. The highest BCUT2D eigenvalue weighted by atomic mass is 16.2. The molecule has 7 nitrogen and oxygen atoms in total. The van der Waals surface area contributed by atoms with Crippen molar-refractivity contribution in [3.63, 3.8) is 0 Å². The van der Waals surface area contributed by atoms with Gasteiger partial charge in [-0.15, -0.1) is 0 Å². The summed E-state index contributed by atoms with van der Waals surface area (Å²) < 4.78 is 0. The number of aromatic nitrogens is 2. The van der Waals surface area contributed by atoms with Crippen molar-refractivity contribution >= 4 is 23.5 Å². The molecule has 2 aromatic carbocycles. The van der Waals surface area contributed by atoms with Gasteiger partial charge in [-0.05, 0) is 57.2 Å². The van der Waals surface area contributed by atoms with Crippen molar-refractivity contribution in [2.45, 2.75) is 13.3 Å². The van der Waals surface area contributed by atoms with Gasteiger partial charge in [0.25, 0.3) is 0 Å². The van der Waals surface area contributed by atoms with Crippen molar-refractivity contribution < 1.29 is 4.79 Å². The number of nitrogens with one attached hydrogen (secondary N) is 3. The van der Waals surface area contributed by atoms with Gasteiger partial charge < -0.3 is 15.5 Å². The van der Waals surface area contributed by atoms with Crippen LogP contribution in [0.2, 0.25) is 0 Å². The van der Waals surface area contributed by atoms with E-state index in [0.29, 0.717) is 11.5 Å². The number of urea groups is 1. The highest BCUT2D eigenvalue weighted by Gasteiger charge is 2.08. The summed E-state index contributed by atoms with van der Waals surface area (Å²) in [6.07, 6.45) is 0.998. The average Bonchev–Trinajstić information content (AvgIpc) is 2.72. The first kappa shape index (κ1) is 21.3. The molecule has 3 aromatic rings. The second kappa shape index (κ2) is 10.4. The van der Waals surface area contributed by atoms with Crippen molar-refractivity contribution in [1.82, 2.24) is 14.9 Å². The van der Waals surface area contributed by atoms with Crippen LogP contribution in [0, 0.1) is 6.92 Å². The van der Waals surface area contributed by atoms with Crippen LogP contribution in [0.1, 0.15) is 12.1 Å². The van der Waals surface area contributed by atoms with Gasteiger partial charge in [-0.25, -0.2) is 9.78 Å². The summed E-state index contributed by atoms with van der Waals surface area (Å²) in [7, 11) is 4.09. The number of amides is 2. The first-order valence-corrected chi connectivity index (χ1v) is 9.97. The minimum Gasteiger partial charge on any atom is -0.370 e. The van der Waals surface area contributed by atoms with Gasteiger partial charge in [0, 0.05) is 24.0 Å². The summed E-state index contributed by atoms with van der Waals surface area (Å²) in [5.41, 5.74) is 3.70. The van der Waals surface area contributed by atoms with Crippen LogP contribution in [-0.2, 0) is 0 Å². The molecule has 2 amide bonds. The van der Waals surface area contributed by atoms with E-state index in [4.69, 9.17) is 0 Å². The first-order chi connectivity index (χ1) is 14.5. The van der Waals surface area contributed by atoms with Crippen LogP contribution in [0.5, 0.6) is 0 Å². The van der Waals surface area contributed by atoms with E-state index in [1.54, 1.807) is 0 Å². The van der Waals surface area contributed by atoms with Crippen LogP contribution in [0.4, 0.5) is 22.2 Å². The lowest BCUT2D eigenvalue weighted by Crippen LogP contribution is -2.21. The lowest BCUT2D eigenvalue weighted by molar-refractivity contribution is 0.262. The Kier molecular flexibility index (Phi) is 7.34. The van der Waals surface area contributed by atoms with E-state index < -0.39 is 0 Å². The van der Waals surface area contributed by atoms with Crippen LogP contribution in [0.3, 0.4) is 0 Å². The summed E-state index contributed by atoms with van der Waals surface area (Å²) in [6.45, 7) is 3.67. The SMILES string of the molecule is Cc1cc(NCCCN(C)C)nc(NC(=O)Nc2ccc(-c3ccccc3)cc2)n1. The molecule has 0 spiro atoms. The van der Waals surface area contributed by atoms with Crippen LogP contribution in [0.15, 0.2) is 60.7 Å². The average molecular weight is 405 g/mol. The molecule has 3 N–H and O–H groups in total. The van der Waals surface area contributed by atoms with Crippen LogP contribution >= 0.6 is 0 Å². The highest BCUT2D eigenvalue weighted by Crippen LogP contribution is 2.21. The van der Waals surface area contributed by atoms with E-state index in [9.17, 15) is 4.79 Å². The smallest absolute Gasteiger partial charge is 0.326 e. The van der Waals surface area contributed by atoms with Crippen molar-refractivity contribution in [3.05, 3.63) is 66.4 Å². The third-order valence-electron chi connectivity index (χ3n) is 4.42. The fourth-order valence-corrected chi connectivity index (χ4v) is 2.97. The van der Waals surface area contributed by atoms with Gasteiger partial charge in [0.05, 0.1) is 0 Å². The Balaban J connectivity index is 1.56. The van der Waals surface area contributed by atoms with Crippen molar-refractivity contribution in [2.75, 3.05) is 43.1 Å². The van der Waals surface area contributed by atoms with E-state index >= 15 is 0 Å². The molecule has 3 rings (SSSR count). The second-order valence-corrected chi connectivity index (χ2v) is 7.32. The van der Waals surface area contributed by atoms with E-state index in [2.05, 4.69) is 43.0 Å². The largest absolute Gasteiger partial charge is 0.370 e. The van der Waals surface area contributed by atoms with Gasteiger partial charge in [-0.2, -0.15) is 4.98 Å². The molecule has 0 atom stereocenters. The molecule has 0 saturated carbocycles. The molecule has 0 aliphatic rings. The zero-order valence-corrected chi connectivity index (χ0v) is 17.6. The zero-order chi connectivity index (χ0) is 21.3. The summed E-state index contributed by atoms with van der Waals surface area (Å²) in [5, 5.41) is 8.80. The Morgan fingerprint density at radius 1 is 0.933 bits per heavy atom. The van der Waals surface area contributed by atoms with Gasteiger partial charge in [0.2, 0.25) is 5.95 Å². The van der Waals surface area contributed by atoms with Gasteiger partial charge >= 0.3 is 6.03 Å². The predicted molar refractivity (Wildman–Crippen MR) is 123 cm³/mol. The molecular formula is C23H28N6O. The number of anilines is 3. The number of carbonyl (C=O) groups excluding carboxylic acids is 1. The van der Waals surface area contributed by atoms with E-state index in [0.717, 1.165) is 36.3 Å². The van der Waals surface area contributed by atoms with Crippen molar-refractivity contribution in [1.29, 1.82) is 0 Å². The molecule has 1 heterocycles. The highest BCUT2D eigenvalue weighted by molar-refractivity contribution is 5.98. The fourth-order valence-electron chi connectivity index (χ4n) is 2.97. The van der Waals surface area contributed by atoms with Crippen LogP contribution < -0.4 is 16.0 Å². The van der Waals surface area contributed by atoms with E-state index in [-0.39, 0.29) is 12.0 Å². The summed E-state index contributed by atoms with van der Waals surface area (Å²) >= 11 is 0. The van der Waals surface area contributed by atoms with Crippen molar-refractivity contribution in [3.8, 4) is 11.1 Å². The van der Waals surface area contributed by atoms with Gasteiger partial charge in [0.1, 0.15) is 5.82 Å². The molecule has 0 aliphatic heterocycles. The number of hydrogen-bond donors (Lipinski definition) is 3. The first-order valence-electron chi connectivity index (χ1n) is 9.97. The number of benzene rings is 2. The standard InChI is InChI=1S/C23H28N6O/c1-17-16-21(24-14-7-15-29(2)3)27-22(25-17)28-23(30)26-20-12-10-19(11-13-20)18-8-5-4-6-9-18/h4-6,8-13,16H,7,14-15H2,1-3H3,(H3,24,25,26,27,28,30). The van der Waals surface area contributed by atoms with Gasteiger partial charge in [-0.1, -0.05) is 42.5 Å². The lowest BCUT2D eigenvalue weighted by atomic mass is 10.1. The number of aryl methyl sites for hydroxylation is 1. The quantitative estimate of drug-likeness (QED) is 0.483. The maximum Gasteiger partial charge on any atom is 0.326 e. The normalized spacial score (nSPS) is 10.7. The molecule has 30 heavy (non-hydrogen) atoms. The third kappa shape index (κ3) is 6.56. The molecule has 0 saturated heterocycles. The topological polar surface area (TPSA) is 82.2 Å². The minimum atomic E-state index is -0.383. The van der Waals surface area contributed by atoms with Crippen LogP contribution in [0.25, 0.3) is 11.1 Å². The fraction of sp³-hybridized carbons (Fsp3) is 0.261. The minimum absolute atomic E-state index is 0.267. The number of nitrogens with zero attached hydrogens (tertiary/aromatic N) is 3. The van der Waals surface area contributed by atoms with E-state index in [1.807, 2.05) is 69.6 Å². The monoisotopic (exact) mass is 404 g/mol. The molecule has 7 heteroatoms. The Labute approximate surface area is 177 Å². The molecular weight excluding hydrogens is 376 g/mol.